The Hall–Kier alpha value is -1.64. The van der Waals surface area contributed by atoms with Gasteiger partial charge in [-0.25, -0.2) is 0 Å². The van der Waals surface area contributed by atoms with Gasteiger partial charge in [-0.1, -0.05) is 61.5 Å². The van der Waals surface area contributed by atoms with Gasteiger partial charge in [-0.15, -0.1) is 0 Å². The molecule has 1 atom stereocenters. The molecule has 2 aromatic carbocycles. The van der Waals surface area contributed by atoms with Gasteiger partial charge in [-0.2, -0.15) is 0 Å². The zero-order valence-electron chi connectivity index (χ0n) is 11.3. The van der Waals surface area contributed by atoms with Gasteiger partial charge in [0.15, 0.2) is 0 Å². The van der Waals surface area contributed by atoms with E-state index in [0.717, 1.165) is 11.1 Å². The van der Waals surface area contributed by atoms with Gasteiger partial charge in [-0.3, -0.25) is 0 Å². The molecule has 0 bridgehead atoms. The summed E-state index contributed by atoms with van der Waals surface area (Å²) < 4.78 is 5.68. The molecule has 0 heterocycles. The van der Waals surface area contributed by atoms with Crippen molar-refractivity contribution in [3.05, 3.63) is 71.3 Å². The molecule has 0 saturated carbocycles. The Labute approximate surface area is 114 Å². The minimum atomic E-state index is 0.184. The van der Waals surface area contributed by atoms with Crippen molar-refractivity contribution in [3.8, 4) is 0 Å². The second-order valence-electron chi connectivity index (χ2n) is 4.80. The number of hydrogen-bond acceptors (Lipinski definition) is 2. The van der Waals surface area contributed by atoms with E-state index in [1.165, 1.54) is 5.56 Å². The molecule has 0 aliphatic heterocycles. The fourth-order valence-corrected chi connectivity index (χ4v) is 1.91. The van der Waals surface area contributed by atoms with Crippen LogP contribution in [0, 0.1) is 0 Å². The Kier molecular flexibility index (Phi) is 5.13. The van der Waals surface area contributed by atoms with Gasteiger partial charge in [0.25, 0.3) is 0 Å². The van der Waals surface area contributed by atoms with Crippen LogP contribution < -0.4 is 0 Å². The average Bonchev–Trinajstić information content (AvgIpc) is 2.48. The van der Waals surface area contributed by atoms with Crippen LogP contribution in [-0.4, -0.2) is 11.7 Å². The zero-order valence-corrected chi connectivity index (χ0v) is 11.3. The highest BCUT2D eigenvalue weighted by molar-refractivity contribution is 5.24. The van der Waals surface area contributed by atoms with E-state index < -0.39 is 0 Å². The lowest BCUT2D eigenvalue weighted by atomic mass is 10.0. The lowest BCUT2D eigenvalue weighted by Gasteiger charge is -2.09. The molecule has 19 heavy (non-hydrogen) atoms. The van der Waals surface area contributed by atoms with Crippen LogP contribution in [-0.2, 0) is 18.0 Å². The minimum absolute atomic E-state index is 0.184. The number of aliphatic hydroxyl groups is 1. The molecule has 0 spiro atoms. The Morgan fingerprint density at radius 2 is 1.47 bits per heavy atom. The molecule has 0 aliphatic rings. The molecule has 100 valence electrons. The fourth-order valence-electron chi connectivity index (χ4n) is 1.91. The van der Waals surface area contributed by atoms with Crippen molar-refractivity contribution in [2.75, 3.05) is 6.61 Å². The van der Waals surface area contributed by atoms with Gasteiger partial charge in [0.2, 0.25) is 0 Å². The van der Waals surface area contributed by atoms with Crippen molar-refractivity contribution in [2.24, 2.45) is 0 Å². The largest absolute Gasteiger partial charge is 0.396 e. The number of aliphatic hydroxyl groups excluding tert-OH is 1. The van der Waals surface area contributed by atoms with Crippen molar-refractivity contribution in [3.63, 3.8) is 0 Å². The third kappa shape index (κ3) is 4.19. The van der Waals surface area contributed by atoms with Crippen LogP contribution in [0.2, 0.25) is 0 Å². The van der Waals surface area contributed by atoms with E-state index in [1.807, 2.05) is 25.1 Å². The molecular formula is C17H20O2. The highest BCUT2D eigenvalue weighted by Gasteiger charge is 2.03. The molecular weight excluding hydrogens is 236 g/mol. The summed E-state index contributed by atoms with van der Waals surface area (Å²) in [7, 11) is 0. The predicted octanol–water partition coefficient (Wildman–Crippen LogP) is 3.50. The van der Waals surface area contributed by atoms with Crippen molar-refractivity contribution >= 4 is 0 Å². The zero-order chi connectivity index (χ0) is 13.5. The van der Waals surface area contributed by atoms with Crippen LogP contribution in [0.4, 0.5) is 0 Å². The van der Waals surface area contributed by atoms with Gasteiger partial charge in [0.1, 0.15) is 0 Å². The maximum atomic E-state index is 9.10. The molecule has 2 aromatic rings. The Balaban J connectivity index is 1.83. The molecule has 2 nitrogen and oxygen atoms in total. The van der Waals surface area contributed by atoms with Gasteiger partial charge < -0.3 is 9.84 Å². The van der Waals surface area contributed by atoms with Gasteiger partial charge in [0, 0.05) is 12.5 Å². The summed E-state index contributed by atoms with van der Waals surface area (Å²) in [6.07, 6.45) is 0. The number of hydrogen-bond donors (Lipinski definition) is 1. The Morgan fingerprint density at radius 1 is 0.895 bits per heavy atom. The van der Waals surface area contributed by atoms with Crippen LogP contribution in [0.3, 0.4) is 0 Å². The van der Waals surface area contributed by atoms with Crippen LogP contribution in [0.25, 0.3) is 0 Å². The van der Waals surface area contributed by atoms with Gasteiger partial charge >= 0.3 is 0 Å². The average molecular weight is 256 g/mol. The smallest absolute Gasteiger partial charge is 0.0721 e. The predicted molar refractivity (Wildman–Crippen MR) is 76.9 cm³/mol. The maximum absolute atomic E-state index is 9.10. The summed E-state index contributed by atoms with van der Waals surface area (Å²) in [6, 6.07) is 18.4. The Morgan fingerprint density at radius 3 is 2.05 bits per heavy atom. The molecule has 0 saturated heterocycles. The van der Waals surface area contributed by atoms with Gasteiger partial charge in [-0.05, 0) is 16.7 Å². The topological polar surface area (TPSA) is 29.5 Å². The maximum Gasteiger partial charge on any atom is 0.0721 e. The molecule has 0 fully saturated rings. The van der Waals surface area contributed by atoms with E-state index in [-0.39, 0.29) is 12.5 Å². The Bertz CT molecular complexity index is 476. The molecule has 1 unspecified atom stereocenters. The lowest BCUT2D eigenvalue weighted by molar-refractivity contribution is 0.107. The van der Waals surface area contributed by atoms with E-state index >= 15 is 0 Å². The summed E-state index contributed by atoms with van der Waals surface area (Å²) in [4.78, 5) is 0. The van der Waals surface area contributed by atoms with E-state index in [4.69, 9.17) is 9.84 Å². The first-order chi connectivity index (χ1) is 9.29. The van der Waals surface area contributed by atoms with Crippen LogP contribution in [0.5, 0.6) is 0 Å². The van der Waals surface area contributed by atoms with Crippen LogP contribution >= 0.6 is 0 Å². The minimum Gasteiger partial charge on any atom is -0.396 e. The van der Waals surface area contributed by atoms with Crippen molar-refractivity contribution in [2.45, 2.75) is 26.1 Å². The summed E-state index contributed by atoms with van der Waals surface area (Å²) >= 11 is 0. The molecule has 1 N–H and O–H groups in total. The molecule has 2 heteroatoms. The first-order valence-corrected chi connectivity index (χ1v) is 6.61. The van der Waals surface area contributed by atoms with Crippen molar-refractivity contribution < 1.29 is 9.84 Å². The third-order valence-corrected chi connectivity index (χ3v) is 3.20. The quantitative estimate of drug-likeness (QED) is 0.857. The standard InChI is InChI=1S/C17H20O2/c1-14(11-18)17-9-7-16(8-10-17)13-19-12-15-5-3-2-4-6-15/h2-10,14,18H,11-13H2,1H3. The SMILES string of the molecule is CC(CO)c1ccc(COCc2ccccc2)cc1. The number of ether oxygens (including phenoxy) is 1. The number of rotatable bonds is 6. The summed E-state index contributed by atoms with van der Waals surface area (Å²) in [5.41, 5.74) is 3.51. The van der Waals surface area contributed by atoms with Crippen molar-refractivity contribution in [1.29, 1.82) is 0 Å². The van der Waals surface area contributed by atoms with E-state index in [2.05, 4.69) is 36.4 Å². The van der Waals surface area contributed by atoms with Crippen LogP contribution in [0.1, 0.15) is 29.5 Å². The monoisotopic (exact) mass is 256 g/mol. The molecule has 0 radical (unpaired) electrons. The highest BCUT2D eigenvalue weighted by atomic mass is 16.5. The molecule has 0 aromatic heterocycles. The first kappa shape index (κ1) is 13.8. The van der Waals surface area contributed by atoms with E-state index in [0.29, 0.717) is 13.2 Å². The molecule has 2 rings (SSSR count). The third-order valence-electron chi connectivity index (χ3n) is 3.20. The fraction of sp³-hybridized carbons (Fsp3) is 0.294. The van der Waals surface area contributed by atoms with Crippen LogP contribution in [0.15, 0.2) is 54.6 Å². The molecule has 0 amide bonds. The van der Waals surface area contributed by atoms with Gasteiger partial charge in [0.05, 0.1) is 13.2 Å². The summed E-state index contributed by atoms with van der Waals surface area (Å²) in [6.45, 7) is 3.45. The number of benzene rings is 2. The van der Waals surface area contributed by atoms with E-state index in [1.54, 1.807) is 0 Å². The highest BCUT2D eigenvalue weighted by Crippen LogP contribution is 2.15. The molecule has 0 aliphatic carbocycles. The second-order valence-corrected chi connectivity index (χ2v) is 4.80. The van der Waals surface area contributed by atoms with Crippen molar-refractivity contribution in [1.82, 2.24) is 0 Å². The summed E-state index contributed by atoms with van der Waals surface area (Å²) in [5.74, 6) is 0.194. The summed E-state index contributed by atoms with van der Waals surface area (Å²) in [5, 5.41) is 9.10. The second kappa shape index (κ2) is 7.07. The van der Waals surface area contributed by atoms with E-state index in [9.17, 15) is 0 Å². The first-order valence-electron chi connectivity index (χ1n) is 6.61. The lowest BCUT2D eigenvalue weighted by Crippen LogP contribution is -1.99. The normalized spacial score (nSPS) is 12.3.